The highest BCUT2D eigenvalue weighted by Gasteiger charge is 1.98. The Bertz CT molecular complexity index is 510. The van der Waals surface area contributed by atoms with Crippen molar-refractivity contribution < 1.29 is 4.74 Å². The Labute approximate surface area is 122 Å². The van der Waals surface area contributed by atoms with Gasteiger partial charge in [-0.25, -0.2) is 0 Å². The first-order valence-electron chi connectivity index (χ1n) is 6.30. The van der Waals surface area contributed by atoms with Crippen molar-refractivity contribution in [1.82, 2.24) is 5.32 Å². The summed E-state index contributed by atoms with van der Waals surface area (Å²) in [5.41, 5.74) is 3.77. The van der Waals surface area contributed by atoms with Crippen LogP contribution in [0.5, 0.6) is 0 Å². The minimum absolute atomic E-state index is 0.671. The number of hydrogen-bond donors (Lipinski definition) is 1. The molecular weight excluding hydrogens is 302 g/mol. The second-order valence-corrected chi connectivity index (χ2v) is 5.30. The number of rotatable bonds is 6. The fraction of sp³-hybridized carbons (Fsp3) is 0.250. The van der Waals surface area contributed by atoms with Crippen LogP contribution in [0, 0.1) is 0 Å². The van der Waals surface area contributed by atoms with E-state index in [9.17, 15) is 0 Å². The van der Waals surface area contributed by atoms with Crippen LogP contribution in [0.2, 0.25) is 0 Å². The molecule has 0 radical (unpaired) electrons. The Morgan fingerprint density at radius 1 is 0.947 bits per heavy atom. The van der Waals surface area contributed by atoms with Gasteiger partial charge < -0.3 is 10.1 Å². The molecule has 0 fully saturated rings. The molecule has 0 aliphatic rings. The summed E-state index contributed by atoms with van der Waals surface area (Å²) in [6.07, 6.45) is 0. The molecule has 0 unspecified atom stereocenters. The van der Waals surface area contributed by atoms with Crippen LogP contribution in [-0.4, -0.2) is 7.11 Å². The molecule has 0 saturated heterocycles. The highest BCUT2D eigenvalue weighted by molar-refractivity contribution is 9.10. The predicted octanol–water partition coefficient (Wildman–Crippen LogP) is 3.89. The Balaban J connectivity index is 1.84. The predicted molar refractivity (Wildman–Crippen MR) is 81.8 cm³/mol. The third kappa shape index (κ3) is 4.46. The van der Waals surface area contributed by atoms with Crippen molar-refractivity contribution >= 4 is 15.9 Å². The molecule has 2 aromatic carbocycles. The summed E-state index contributed by atoms with van der Waals surface area (Å²) in [7, 11) is 1.72. The lowest BCUT2D eigenvalue weighted by molar-refractivity contribution is 0.185. The van der Waals surface area contributed by atoms with Gasteiger partial charge in [-0.2, -0.15) is 0 Å². The molecule has 0 aromatic heterocycles. The molecule has 2 rings (SSSR count). The smallest absolute Gasteiger partial charge is 0.0713 e. The van der Waals surface area contributed by atoms with Crippen molar-refractivity contribution in [2.45, 2.75) is 19.7 Å². The first-order chi connectivity index (χ1) is 9.29. The SMILES string of the molecule is COCc1ccc(CNCc2ccccc2Br)cc1. The summed E-state index contributed by atoms with van der Waals surface area (Å²) in [6, 6.07) is 16.8. The van der Waals surface area contributed by atoms with Gasteiger partial charge in [-0.1, -0.05) is 58.4 Å². The van der Waals surface area contributed by atoms with Crippen LogP contribution in [-0.2, 0) is 24.4 Å². The number of benzene rings is 2. The molecule has 0 saturated carbocycles. The summed E-state index contributed by atoms with van der Waals surface area (Å²) in [5, 5.41) is 3.45. The topological polar surface area (TPSA) is 21.3 Å². The Morgan fingerprint density at radius 3 is 2.32 bits per heavy atom. The Morgan fingerprint density at radius 2 is 1.63 bits per heavy atom. The molecule has 2 aromatic rings. The molecule has 0 bridgehead atoms. The summed E-state index contributed by atoms with van der Waals surface area (Å²) < 4.78 is 6.25. The van der Waals surface area contributed by atoms with Crippen molar-refractivity contribution in [2.75, 3.05) is 7.11 Å². The van der Waals surface area contributed by atoms with E-state index in [0.29, 0.717) is 6.61 Å². The molecule has 2 nitrogen and oxygen atoms in total. The lowest BCUT2D eigenvalue weighted by Crippen LogP contribution is -2.13. The first kappa shape index (κ1) is 14.3. The van der Waals surface area contributed by atoms with Gasteiger partial charge in [0.25, 0.3) is 0 Å². The normalized spacial score (nSPS) is 10.6. The quantitative estimate of drug-likeness (QED) is 0.872. The van der Waals surface area contributed by atoms with E-state index in [1.165, 1.54) is 16.7 Å². The second-order valence-electron chi connectivity index (χ2n) is 4.44. The van der Waals surface area contributed by atoms with Gasteiger partial charge in [-0.15, -0.1) is 0 Å². The second kappa shape index (κ2) is 7.43. The molecule has 100 valence electrons. The van der Waals surface area contributed by atoms with E-state index < -0.39 is 0 Å². The van der Waals surface area contributed by atoms with Crippen molar-refractivity contribution in [1.29, 1.82) is 0 Å². The van der Waals surface area contributed by atoms with Gasteiger partial charge in [0.15, 0.2) is 0 Å². The zero-order valence-electron chi connectivity index (χ0n) is 11.0. The van der Waals surface area contributed by atoms with Crippen molar-refractivity contribution in [3.8, 4) is 0 Å². The lowest BCUT2D eigenvalue weighted by atomic mass is 10.1. The molecule has 0 atom stereocenters. The first-order valence-corrected chi connectivity index (χ1v) is 7.10. The van der Waals surface area contributed by atoms with Gasteiger partial charge in [0.1, 0.15) is 0 Å². The number of ether oxygens (including phenoxy) is 1. The van der Waals surface area contributed by atoms with Crippen LogP contribution in [0.25, 0.3) is 0 Å². The van der Waals surface area contributed by atoms with E-state index >= 15 is 0 Å². The standard InChI is InChI=1S/C16H18BrNO/c1-19-12-14-8-6-13(7-9-14)10-18-11-15-4-2-3-5-16(15)17/h2-9,18H,10-12H2,1H3. The molecule has 0 aliphatic heterocycles. The minimum atomic E-state index is 0.671. The molecule has 3 heteroatoms. The van der Waals surface area contributed by atoms with E-state index in [1.807, 2.05) is 6.07 Å². The zero-order valence-corrected chi connectivity index (χ0v) is 12.6. The van der Waals surface area contributed by atoms with Crippen molar-refractivity contribution in [3.63, 3.8) is 0 Å². The van der Waals surface area contributed by atoms with E-state index in [0.717, 1.165) is 17.6 Å². The van der Waals surface area contributed by atoms with Crippen molar-refractivity contribution in [2.24, 2.45) is 0 Å². The summed E-state index contributed by atoms with van der Waals surface area (Å²) in [5.74, 6) is 0. The van der Waals surface area contributed by atoms with Crippen LogP contribution in [0.1, 0.15) is 16.7 Å². The van der Waals surface area contributed by atoms with Gasteiger partial charge in [0.2, 0.25) is 0 Å². The van der Waals surface area contributed by atoms with Crippen LogP contribution < -0.4 is 5.32 Å². The Hall–Kier alpha value is -1.16. The lowest BCUT2D eigenvalue weighted by Gasteiger charge is -2.07. The van der Waals surface area contributed by atoms with E-state index in [2.05, 4.69) is 63.7 Å². The van der Waals surface area contributed by atoms with Gasteiger partial charge in [-0.3, -0.25) is 0 Å². The fourth-order valence-electron chi connectivity index (χ4n) is 1.90. The number of nitrogens with one attached hydrogen (secondary N) is 1. The largest absolute Gasteiger partial charge is 0.380 e. The maximum atomic E-state index is 5.10. The average molecular weight is 320 g/mol. The summed E-state index contributed by atoms with van der Waals surface area (Å²) in [4.78, 5) is 0. The summed E-state index contributed by atoms with van der Waals surface area (Å²) in [6.45, 7) is 2.40. The summed E-state index contributed by atoms with van der Waals surface area (Å²) >= 11 is 3.56. The highest BCUT2D eigenvalue weighted by Crippen LogP contribution is 2.15. The molecule has 0 amide bonds. The zero-order chi connectivity index (χ0) is 13.5. The fourth-order valence-corrected chi connectivity index (χ4v) is 2.33. The average Bonchev–Trinajstić information content (AvgIpc) is 2.43. The third-order valence-electron chi connectivity index (χ3n) is 2.94. The minimum Gasteiger partial charge on any atom is -0.380 e. The maximum Gasteiger partial charge on any atom is 0.0713 e. The number of hydrogen-bond acceptors (Lipinski definition) is 2. The van der Waals surface area contributed by atoms with Crippen LogP contribution in [0.4, 0.5) is 0 Å². The van der Waals surface area contributed by atoms with Crippen LogP contribution >= 0.6 is 15.9 Å². The van der Waals surface area contributed by atoms with E-state index in [4.69, 9.17) is 4.74 Å². The van der Waals surface area contributed by atoms with Gasteiger partial charge in [0.05, 0.1) is 6.61 Å². The molecule has 0 spiro atoms. The number of halogens is 1. The van der Waals surface area contributed by atoms with Gasteiger partial charge in [-0.05, 0) is 22.8 Å². The monoisotopic (exact) mass is 319 g/mol. The molecule has 19 heavy (non-hydrogen) atoms. The van der Waals surface area contributed by atoms with Crippen LogP contribution in [0.3, 0.4) is 0 Å². The van der Waals surface area contributed by atoms with Crippen LogP contribution in [0.15, 0.2) is 53.0 Å². The van der Waals surface area contributed by atoms with Gasteiger partial charge >= 0.3 is 0 Å². The van der Waals surface area contributed by atoms with E-state index in [1.54, 1.807) is 7.11 Å². The van der Waals surface area contributed by atoms with E-state index in [-0.39, 0.29) is 0 Å². The van der Waals surface area contributed by atoms with Gasteiger partial charge in [0, 0.05) is 24.7 Å². The maximum absolute atomic E-state index is 5.10. The molecule has 0 aliphatic carbocycles. The molecular formula is C16H18BrNO. The van der Waals surface area contributed by atoms with Crippen molar-refractivity contribution in [3.05, 3.63) is 69.7 Å². The highest BCUT2D eigenvalue weighted by atomic mass is 79.9. The molecule has 0 heterocycles. The number of methoxy groups -OCH3 is 1. The third-order valence-corrected chi connectivity index (χ3v) is 3.71. The Kier molecular flexibility index (Phi) is 5.58. The molecule has 1 N–H and O–H groups in total.